The average Bonchev–Trinajstić information content (AvgIpc) is 2.78. The lowest BCUT2D eigenvalue weighted by Crippen LogP contribution is -2.38. The van der Waals surface area contributed by atoms with Crippen LogP contribution < -0.4 is 0 Å². The van der Waals surface area contributed by atoms with E-state index in [1.165, 1.54) is 17.5 Å². The van der Waals surface area contributed by atoms with Gasteiger partial charge in [-0.05, 0) is 31.0 Å². The van der Waals surface area contributed by atoms with Crippen molar-refractivity contribution in [2.75, 3.05) is 20.3 Å². The van der Waals surface area contributed by atoms with E-state index in [2.05, 4.69) is 0 Å². The molecule has 2 rings (SSSR count). The summed E-state index contributed by atoms with van der Waals surface area (Å²) < 4.78 is 44.4. The lowest BCUT2D eigenvalue weighted by molar-refractivity contribution is 0.149. The molecule has 1 saturated heterocycles. The zero-order chi connectivity index (χ0) is 14.0. The zero-order valence-corrected chi connectivity index (χ0v) is 12.0. The van der Waals surface area contributed by atoms with Crippen molar-refractivity contribution in [3.05, 3.63) is 29.0 Å². The summed E-state index contributed by atoms with van der Waals surface area (Å²) in [6.07, 6.45) is 1.54. The minimum absolute atomic E-state index is 0.0569. The summed E-state index contributed by atoms with van der Waals surface area (Å²) in [5.74, 6) is -0.557. The van der Waals surface area contributed by atoms with Crippen molar-refractivity contribution in [1.29, 1.82) is 0 Å². The Balaban J connectivity index is 2.36. The Hall–Kier alpha value is -0.690. The Labute approximate surface area is 117 Å². The van der Waals surface area contributed by atoms with Gasteiger partial charge in [0.1, 0.15) is 10.7 Å². The van der Waals surface area contributed by atoms with E-state index in [1.54, 1.807) is 0 Å². The fraction of sp³-hybridized carbons (Fsp3) is 0.500. The van der Waals surface area contributed by atoms with Crippen LogP contribution in [-0.2, 0) is 14.8 Å². The normalized spacial score (nSPS) is 20.9. The number of nitrogens with zero attached hydrogens (tertiary/aromatic N) is 1. The highest BCUT2D eigenvalue weighted by atomic mass is 35.5. The highest BCUT2D eigenvalue weighted by molar-refractivity contribution is 7.89. The molecule has 1 atom stereocenters. The summed E-state index contributed by atoms with van der Waals surface area (Å²) in [4.78, 5) is -0.0569. The zero-order valence-electron chi connectivity index (χ0n) is 10.5. The van der Waals surface area contributed by atoms with Crippen LogP contribution >= 0.6 is 11.6 Å². The van der Waals surface area contributed by atoms with E-state index in [4.69, 9.17) is 16.3 Å². The molecule has 0 N–H and O–H groups in total. The summed E-state index contributed by atoms with van der Waals surface area (Å²) in [7, 11) is -2.17. The number of methoxy groups -OCH3 is 1. The number of halogens is 2. The van der Waals surface area contributed by atoms with E-state index in [0.29, 0.717) is 13.2 Å². The largest absolute Gasteiger partial charge is 0.383 e. The summed E-state index contributed by atoms with van der Waals surface area (Å²) in [5, 5.41) is -0.0944. The van der Waals surface area contributed by atoms with E-state index < -0.39 is 15.8 Å². The maximum absolute atomic E-state index is 13.0. The average molecular weight is 308 g/mol. The molecule has 0 bridgehead atoms. The SMILES string of the molecule is COCC1CCCN1S(=O)(=O)c1ccc(F)cc1Cl. The third kappa shape index (κ3) is 2.91. The second kappa shape index (κ2) is 5.75. The second-order valence-corrected chi connectivity index (χ2v) is 6.71. The molecule has 1 aliphatic heterocycles. The van der Waals surface area contributed by atoms with Crippen molar-refractivity contribution in [2.45, 2.75) is 23.8 Å². The van der Waals surface area contributed by atoms with Crippen LogP contribution in [-0.4, -0.2) is 39.0 Å². The van der Waals surface area contributed by atoms with Crippen LogP contribution in [0.5, 0.6) is 0 Å². The predicted molar refractivity (Wildman–Crippen MR) is 70.2 cm³/mol. The Morgan fingerprint density at radius 2 is 2.26 bits per heavy atom. The summed E-state index contributed by atoms with van der Waals surface area (Å²) in [5.41, 5.74) is 0. The summed E-state index contributed by atoms with van der Waals surface area (Å²) in [6.45, 7) is 0.780. The predicted octanol–water partition coefficient (Wildman–Crippen LogP) is 2.28. The van der Waals surface area contributed by atoms with Gasteiger partial charge in [0, 0.05) is 19.7 Å². The van der Waals surface area contributed by atoms with Gasteiger partial charge in [0.15, 0.2) is 0 Å². The Morgan fingerprint density at radius 3 is 2.89 bits per heavy atom. The maximum Gasteiger partial charge on any atom is 0.244 e. The third-order valence-electron chi connectivity index (χ3n) is 3.16. The van der Waals surface area contributed by atoms with Gasteiger partial charge in [-0.1, -0.05) is 11.6 Å². The number of benzene rings is 1. The second-order valence-electron chi connectivity index (χ2n) is 4.44. The molecule has 1 aromatic carbocycles. The van der Waals surface area contributed by atoms with Gasteiger partial charge in [0.25, 0.3) is 0 Å². The molecule has 0 saturated carbocycles. The van der Waals surface area contributed by atoms with Crippen molar-refractivity contribution in [3.63, 3.8) is 0 Å². The van der Waals surface area contributed by atoms with Crippen LogP contribution in [0.15, 0.2) is 23.1 Å². The quantitative estimate of drug-likeness (QED) is 0.857. The monoisotopic (exact) mass is 307 g/mol. The fourth-order valence-electron chi connectivity index (χ4n) is 2.30. The van der Waals surface area contributed by atoms with Gasteiger partial charge in [-0.15, -0.1) is 0 Å². The number of ether oxygens (including phenoxy) is 1. The first-order valence-corrected chi connectivity index (χ1v) is 7.74. The number of rotatable bonds is 4. The Bertz CT molecular complexity index is 564. The van der Waals surface area contributed by atoms with Gasteiger partial charge in [-0.2, -0.15) is 4.31 Å². The van der Waals surface area contributed by atoms with Crippen LogP contribution in [0.1, 0.15) is 12.8 Å². The molecular weight excluding hydrogens is 293 g/mol. The Kier molecular flexibility index (Phi) is 4.45. The Morgan fingerprint density at radius 1 is 1.53 bits per heavy atom. The molecular formula is C12H15ClFNO3S. The van der Waals surface area contributed by atoms with Gasteiger partial charge in [-0.3, -0.25) is 0 Å². The van der Waals surface area contributed by atoms with Crippen molar-refractivity contribution in [1.82, 2.24) is 4.31 Å². The van der Waals surface area contributed by atoms with Crippen LogP contribution in [0.25, 0.3) is 0 Å². The van der Waals surface area contributed by atoms with Crippen molar-refractivity contribution in [2.24, 2.45) is 0 Å². The molecule has 106 valence electrons. The van der Waals surface area contributed by atoms with Gasteiger partial charge in [0.05, 0.1) is 11.6 Å². The standard InChI is InChI=1S/C12H15ClFNO3S/c1-18-8-10-3-2-6-15(10)19(16,17)12-5-4-9(14)7-11(12)13/h4-5,7,10H,2-3,6,8H2,1H3. The number of hydrogen-bond donors (Lipinski definition) is 0. The molecule has 0 radical (unpaired) electrons. The molecule has 1 unspecified atom stereocenters. The summed E-state index contributed by atoms with van der Waals surface area (Å²) in [6, 6.07) is 3.13. The van der Waals surface area contributed by atoms with Crippen LogP contribution in [0, 0.1) is 5.82 Å². The molecule has 0 amide bonds. The van der Waals surface area contributed by atoms with E-state index >= 15 is 0 Å². The number of sulfonamides is 1. The maximum atomic E-state index is 13.0. The molecule has 0 aromatic heterocycles. The van der Waals surface area contributed by atoms with Crippen LogP contribution in [0.3, 0.4) is 0 Å². The first-order valence-electron chi connectivity index (χ1n) is 5.92. The van der Waals surface area contributed by atoms with E-state index in [-0.39, 0.29) is 16.0 Å². The molecule has 1 heterocycles. The number of hydrogen-bond acceptors (Lipinski definition) is 3. The smallest absolute Gasteiger partial charge is 0.244 e. The molecule has 4 nitrogen and oxygen atoms in total. The molecule has 1 fully saturated rings. The van der Waals surface area contributed by atoms with Gasteiger partial charge >= 0.3 is 0 Å². The third-order valence-corrected chi connectivity index (χ3v) is 5.60. The molecule has 0 aliphatic carbocycles. The molecule has 1 aliphatic rings. The molecule has 19 heavy (non-hydrogen) atoms. The van der Waals surface area contributed by atoms with Gasteiger partial charge in [-0.25, -0.2) is 12.8 Å². The van der Waals surface area contributed by atoms with E-state index in [0.717, 1.165) is 25.0 Å². The van der Waals surface area contributed by atoms with Crippen molar-refractivity contribution in [3.8, 4) is 0 Å². The van der Waals surface area contributed by atoms with E-state index in [9.17, 15) is 12.8 Å². The minimum Gasteiger partial charge on any atom is -0.383 e. The first-order chi connectivity index (χ1) is 8.96. The molecule has 7 heteroatoms. The first kappa shape index (κ1) is 14.7. The van der Waals surface area contributed by atoms with E-state index in [1.807, 2.05) is 0 Å². The fourth-order valence-corrected chi connectivity index (χ4v) is 4.48. The van der Waals surface area contributed by atoms with Crippen molar-refractivity contribution >= 4 is 21.6 Å². The van der Waals surface area contributed by atoms with Crippen LogP contribution in [0.4, 0.5) is 4.39 Å². The molecule has 1 aromatic rings. The van der Waals surface area contributed by atoms with Crippen molar-refractivity contribution < 1.29 is 17.5 Å². The van der Waals surface area contributed by atoms with Gasteiger partial charge in [0.2, 0.25) is 10.0 Å². The van der Waals surface area contributed by atoms with Gasteiger partial charge < -0.3 is 4.74 Å². The highest BCUT2D eigenvalue weighted by Crippen LogP contribution is 2.30. The highest BCUT2D eigenvalue weighted by Gasteiger charge is 2.36. The topological polar surface area (TPSA) is 46.6 Å². The summed E-state index contributed by atoms with van der Waals surface area (Å²) >= 11 is 5.84. The lowest BCUT2D eigenvalue weighted by atomic mass is 10.2. The molecule has 0 spiro atoms. The minimum atomic E-state index is -3.70. The van der Waals surface area contributed by atoms with Crippen LogP contribution in [0.2, 0.25) is 5.02 Å². The lowest BCUT2D eigenvalue weighted by Gasteiger charge is -2.23.